The fraction of sp³-hybridized carbons (Fsp3) is 0.667. The molecule has 0 aliphatic heterocycles. The molecule has 0 rings (SSSR count). The summed E-state index contributed by atoms with van der Waals surface area (Å²) in [5, 5.41) is 3.57. The van der Waals surface area contributed by atoms with Gasteiger partial charge in [0, 0.05) is 14.1 Å². The van der Waals surface area contributed by atoms with Gasteiger partial charge in [-0.2, -0.15) is 0 Å². The molecule has 1 N–H and O–H groups in total. The monoisotopic (exact) mass is 176 g/mol. The van der Waals surface area contributed by atoms with Crippen molar-refractivity contribution in [1.29, 1.82) is 0 Å². The Hall–Kier alpha value is -0.710. The molecular formula is C6H12N2O2S. The maximum Gasteiger partial charge on any atom is 0.316 e. The smallest absolute Gasteiger partial charge is 0.316 e. The first-order valence-electron chi connectivity index (χ1n) is 3.08. The lowest BCUT2D eigenvalue weighted by atomic mass is 10.8. The Balaban J connectivity index is 3.60. The summed E-state index contributed by atoms with van der Waals surface area (Å²) in [6, 6.07) is 0. The van der Waals surface area contributed by atoms with E-state index >= 15 is 0 Å². The first-order valence-corrected chi connectivity index (χ1v) is 4.07. The molecule has 0 saturated heterocycles. The number of ether oxygens (including phenoxy) is 1. The number of hydrogen-bond acceptors (Lipinski definition) is 4. The number of methoxy groups -OCH3 is 1. The van der Waals surface area contributed by atoms with Crippen LogP contribution in [0, 0.1) is 0 Å². The van der Waals surface area contributed by atoms with E-state index in [9.17, 15) is 4.79 Å². The number of amidine groups is 1. The third kappa shape index (κ3) is 4.66. The van der Waals surface area contributed by atoms with Crippen LogP contribution in [0.2, 0.25) is 0 Å². The Morgan fingerprint density at radius 3 is 2.73 bits per heavy atom. The van der Waals surface area contributed by atoms with Gasteiger partial charge in [0.2, 0.25) is 0 Å². The maximum atomic E-state index is 10.6. The Morgan fingerprint density at radius 2 is 2.36 bits per heavy atom. The highest BCUT2D eigenvalue weighted by atomic mass is 32.2. The molecule has 5 heteroatoms. The molecule has 0 heterocycles. The Bertz CT molecular complexity index is 159. The van der Waals surface area contributed by atoms with Crippen molar-refractivity contribution in [3.8, 4) is 0 Å². The zero-order valence-electron chi connectivity index (χ0n) is 6.88. The average Bonchev–Trinajstić information content (AvgIpc) is 2.06. The molecule has 0 spiro atoms. The number of rotatable bonds is 2. The summed E-state index contributed by atoms with van der Waals surface area (Å²) in [5.74, 6) is 0.0516. The minimum Gasteiger partial charge on any atom is -0.468 e. The molecule has 4 nitrogen and oxygen atoms in total. The van der Waals surface area contributed by atoms with Crippen LogP contribution in [0.3, 0.4) is 0 Å². The van der Waals surface area contributed by atoms with E-state index < -0.39 is 0 Å². The van der Waals surface area contributed by atoms with Crippen LogP contribution in [0.5, 0.6) is 0 Å². The molecule has 0 radical (unpaired) electrons. The van der Waals surface area contributed by atoms with Gasteiger partial charge in [0.15, 0.2) is 5.17 Å². The maximum absolute atomic E-state index is 10.6. The van der Waals surface area contributed by atoms with Gasteiger partial charge >= 0.3 is 5.97 Å². The normalized spacial score (nSPS) is 11.0. The van der Waals surface area contributed by atoms with E-state index in [1.54, 1.807) is 14.1 Å². The van der Waals surface area contributed by atoms with Gasteiger partial charge in [0.1, 0.15) is 0 Å². The molecule has 0 aromatic carbocycles. The van der Waals surface area contributed by atoms with Gasteiger partial charge in [0.05, 0.1) is 12.9 Å². The molecule has 0 aliphatic rings. The van der Waals surface area contributed by atoms with E-state index in [0.29, 0.717) is 5.75 Å². The Kier molecular flexibility index (Phi) is 5.64. The molecule has 0 saturated carbocycles. The number of hydrogen-bond donors (Lipinski definition) is 1. The zero-order chi connectivity index (χ0) is 8.69. The third-order valence-corrected chi connectivity index (χ3v) is 2.01. The predicted molar refractivity (Wildman–Crippen MR) is 46.9 cm³/mol. The van der Waals surface area contributed by atoms with Crippen molar-refractivity contribution in [2.24, 2.45) is 4.99 Å². The third-order valence-electron chi connectivity index (χ3n) is 0.971. The van der Waals surface area contributed by atoms with Gasteiger partial charge in [-0.05, 0) is 0 Å². The molecule has 0 aromatic rings. The second-order valence-electron chi connectivity index (χ2n) is 1.64. The molecule has 0 bridgehead atoms. The molecule has 0 fully saturated rings. The second kappa shape index (κ2) is 6.03. The van der Waals surface area contributed by atoms with Crippen LogP contribution in [-0.4, -0.2) is 38.1 Å². The summed E-state index contributed by atoms with van der Waals surface area (Å²) in [6.45, 7) is 0. The zero-order valence-corrected chi connectivity index (χ0v) is 7.70. The van der Waals surface area contributed by atoms with Crippen molar-refractivity contribution in [2.45, 2.75) is 0 Å². The lowest BCUT2D eigenvalue weighted by Crippen LogP contribution is -2.17. The summed E-state index contributed by atoms with van der Waals surface area (Å²) >= 11 is 1.32. The largest absolute Gasteiger partial charge is 0.468 e. The number of thioether (sulfide) groups is 1. The number of aliphatic imine (C=N–C) groups is 1. The second-order valence-corrected chi connectivity index (χ2v) is 2.61. The van der Waals surface area contributed by atoms with Crippen molar-refractivity contribution in [1.82, 2.24) is 5.32 Å². The van der Waals surface area contributed by atoms with E-state index in [1.165, 1.54) is 18.9 Å². The van der Waals surface area contributed by atoms with E-state index in [4.69, 9.17) is 0 Å². The standard InChI is InChI=1S/C6H12N2O2S/c1-7-6(8-2)11-4-5(9)10-3/h4H2,1-3H3,(H,7,8). The number of nitrogens with zero attached hydrogens (tertiary/aromatic N) is 1. The number of esters is 1. The number of carbonyl (C=O) groups is 1. The lowest BCUT2D eigenvalue weighted by Gasteiger charge is -2.01. The SMILES string of the molecule is CN=C(NC)SCC(=O)OC. The van der Waals surface area contributed by atoms with Crippen molar-refractivity contribution < 1.29 is 9.53 Å². The molecular weight excluding hydrogens is 164 g/mol. The molecule has 64 valence electrons. The quantitative estimate of drug-likeness (QED) is 0.368. The molecule has 0 unspecified atom stereocenters. The predicted octanol–water partition coefficient (Wildman–Crippen LogP) is 0.0978. The molecule has 0 amide bonds. The topological polar surface area (TPSA) is 50.7 Å². The van der Waals surface area contributed by atoms with Crippen molar-refractivity contribution in [3.05, 3.63) is 0 Å². The van der Waals surface area contributed by atoms with Gasteiger partial charge in [-0.15, -0.1) is 0 Å². The highest BCUT2D eigenvalue weighted by Crippen LogP contribution is 2.00. The summed E-state index contributed by atoms with van der Waals surface area (Å²) < 4.78 is 4.45. The van der Waals surface area contributed by atoms with Crippen LogP contribution in [0.15, 0.2) is 4.99 Å². The van der Waals surface area contributed by atoms with Gasteiger partial charge in [-0.25, -0.2) is 0 Å². The van der Waals surface area contributed by atoms with E-state index in [1.807, 2.05) is 0 Å². The number of nitrogens with one attached hydrogen (secondary N) is 1. The van der Waals surface area contributed by atoms with Crippen LogP contribution in [0.1, 0.15) is 0 Å². The van der Waals surface area contributed by atoms with Gasteiger partial charge < -0.3 is 10.1 Å². The van der Waals surface area contributed by atoms with Crippen LogP contribution in [-0.2, 0) is 9.53 Å². The highest BCUT2D eigenvalue weighted by molar-refractivity contribution is 8.14. The van der Waals surface area contributed by atoms with Crippen LogP contribution >= 0.6 is 11.8 Å². The Labute approximate surface area is 70.4 Å². The summed E-state index contributed by atoms with van der Waals surface area (Å²) in [5.41, 5.74) is 0. The molecule has 0 atom stereocenters. The van der Waals surface area contributed by atoms with Crippen molar-refractivity contribution >= 4 is 22.9 Å². The van der Waals surface area contributed by atoms with Crippen LogP contribution in [0.25, 0.3) is 0 Å². The van der Waals surface area contributed by atoms with Gasteiger partial charge in [0.25, 0.3) is 0 Å². The van der Waals surface area contributed by atoms with Crippen LogP contribution in [0.4, 0.5) is 0 Å². The molecule has 11 heavy (non-hydrogen) atoms. The van der Waals surface area contributed by atoms with Gasteiger partial charge in [-0.1, -0.05) is 11.8 Å². The fourth-order valence-corrected chi connectivity index (χ4v) is 1.08. The van der Waals surface area contributed by atoms with Gasteiger partial charge in [-0.3, -0.25) is 9.79 Å². The Morgan fingerprint density at radius 1 is 1.73 bits per heavy atom. The minimum atomic E-state index is -0.244. The summed E-state index contributed by atoms with van der Waals surface area (Å²) in [4.78, 5) is 14.5. The van der Waals surface area contributed by atoms with E-state index in [2.05, 4.69) is 15.0 Å². The van der Waals surface area contributed by atoms with Crippen LogP contribution < -0.4 is 5.32 Å². The lowest BCUT2D eigenvalue weighted by molar-refractivity contribution is -0.137. The fourth-order valence-electron chi connectivity index (χ4n) is 0.435. The summed E-state index contributed by atoms with van der Waals surface area (Å²) in [6.07, 6.45) is 0. The highest BCUT2D eigenvalue weighted by Gasteiger charge is 2.02. The van der Waals surface area contributed by atoms with Crippen molar-refractivity contribution in [3.63, 3.8) is 0 Å². The van der Waals surface area contributed by atoms with E-state index in [0.717, 1.165) is 5.17 Å². The minimum absolute atomic E-state index is 0.244. The first kappa shape index (κ1) is 10.3. The summed E-state index contributed by atoms with van der Waals surface area (Å²) in [7, 11) is 4.79. The molecule has 0 aromatic heterocycles. The average molecular weight is 176 g/mol. The van der Waals surface area contributed by atoms with Crippen molar-refractivity contribution in [2.75, 3.05) is 27.0 Å². The number of carbonyl (C=O) groups excluding carboxylic acids is 1. The first-order chi connectivity index (χ1) is 5.24. The molecule has 0 aliphatic carbocycles. The van der Waals surface area contributed by atoms with E-state index in [-0.39, 0.29) is 5.97 Å².